The van der Waals surface area contributed by atoms with E-state index < -0.39 is 17.7 Å². The molecule has 0 spiro atoms. The molecule has 0 aromatic heterocycles. The van der Waals surface area contributed by atoms with E-state index in [-0.39, 0.29) is 0 Å². The second kappa shape index (κ2) is 7.67. The molecule has 0 bridgehead atoms. The summed E-state index contributed by atoms with van der Waals surface area (Å²) in [6.45, 7) is 7.46. The Kier molecular flexibility index (Phi) is 6.18. The Balaban J connectivity index is 2.72. The number of nitrogens with two attached hydrogens (primary N) is 1. The van der Waals surface area contributed by atoms with Gasteiger partial charge < -0.3 is 20.5 Å². The molecule has 1 aromatic rings. The number of carbonyl (C=O) groups is 2. The lowest BCUT2D eigenvalue weighted by Crippen LogP contribution is -2.32. The second-order valence-corrected chi connectivity index (χ2v) is 6.06. The van der Waals surface area contributed by atoms with Crippen molar-refractivity contribution in [2.45, 2.75) is 33.3 Å². The second-order valence-electron chi connectivity index (χ2n) is 6.06. The number of ether oxygens (including phenoxy) is 2. The Morgan fingerprint density at radius 1 is 1.30 bits per heavy atom. The molecular formula is C17H24N2O4. The number of methoxy groups -OCH3 is 1. The molecular weight excluding hydrogens is 296 g/mol. The molecule has 0 aliphatic carbocycles. The fraction of sp³-hybridized carbons (Fsp3) is 0.412. The molecule has 6 heteroatoms. The van der Waals surface area contributed by atoms with Gasteiger partial charge >= 0.3 is 12.1 Å². The van der Waals surface area contributed by atoms with E-state index in [1.807, 2.05) is 0 Å². The van der Waals surface area contributed by atoms with Crippen molar-refractivity contribution in [3.8, 4) is 0 Å². The first-order valence-corrected chi connectivity index (χ1v) is 7.26. The van der Waals surface area contributed by atoms with Gasteiger partial charge in [0, 0.05) is 12.2 Å². The van der Waals surface area contributed by atoms with Crippen LogP contribution in [0.5, 0.6) is 0 Å². The highest BCUT2D eigenvalue weighted by Gasteiger charge is 2.15. The van der Waals surface area contributed by atoms with Crippen molar-refractivity contribution in [1.29, 1.82) is 0 Å². The first kappa shape index (κ1) is 18.5. The van der Waals surface area contributed by atoms with E-state index >= 15 is 0 Å². The van der Waals surface area contributed by atoms with E-state index in [1.54, 1.807) is 52.0 Å². The molecule has 0 aliphatic rings. The smallest absolute Gasteiger partial charge is 0.407 e. The Hall–Kier alpha value is -2.50. The van der Waals surface area contributed by atoms with Crippen molar-refractivity contribution in [3.63, 3.8) is 0 Å². The van der Waals surface area contributed by atoms with Crippen LogP contribution >= 0.6 is 0 Å². The highest BCUT2D eigenvalue weighted by molar-refractivity contribution is 5.93. The number of benzene rings is 1. The molecule has 23 heavy (non-hydrogen) atoms. The van der Waals surface area contributed by atoms with Gasteiger partial charge in [0.25, 0.3) is 0 Å². The minimum atomic E-state index is -0.533. The van der Waals surface area contributed by atoms with Crippen molar-refractivity contribution < 1.29 is 19.1 Å². The summed E-state index contributed by atoms with van der Waals surface area (Å²) < 4.78 is 9.86. The molecule has 0 saturated heterocycles. The number of nitrogens with one attached hydrogen (secondary N) is 1. The number of amides is 1. The van der Waals surface area contributed by atoms with Crippen LogP contribution in [-0.2, 0) is 9.47 Å². The summed E-state index contributed by atoms with van der Waals surface area (Å²) >= 11 is 0. The van der Waals surface area contributed by atoms with Crippen LogP contribution in [0.15, 0.2) is 18.2 Å². The van der Waals surface area contributed by atoms with E-state index in [9.17, 15) is 9.59 Å². The standard InChI is InChI=1S/C17H24N2O4/c1-11-13(15(20)22-5)9-12(10-14(11)18)7-6-8-19-16(21)23-17(2,3)4/h6-7,9-10H,8,18H2,1-5H3,(H,19,21). The van der Waals surface area contributed by atoms with E-state index in [0.29, 0.717) is 23.4 Å². The Morgan fingerprint density at radius 3 is 2.52 bits per heavy atom. The summed E-state index contributed by atoms with van der Waals surface area (Å²) in [6, 6.07) is 3.45. The van der Waals surface area contributed by atoms with E-state index in [1.165, 1.54) is 7.11 Å². The third-order valence-corrected chi connectivity index (χ3v) is 2.95. The molecule has 1 amide bonds. The molecule has 0 atom stereocenters. The van der Waals surface area contributed by atoms with Gasteiger partial charge in [0.2, 0.25) is 0 Å². The summed E-state index contributed by atoms with van der Waals surface area (Å²) in [5.41, 5.74) is 7.73. The van der Waals surface area contributed by atoms with Crippen LogP contribution in [0.2, 0.25) is 0 Å². The van der Waals surface area contributed by atoms with Gasteiger partial charge in [0.1, 0.15) is 5.60 Å². The molecule has 0 unspecified atom stereocenters. The number of esters is 1. The molecule has 1 rings (SSSR count). The molecule has 0 aliphatic heterocycles. The maximum Gasteiger partial charge on any atom is 0.407 e. The predicted molar refractivity (Wildman–Crippen MR) is 90.2 cm³/mol. The normalized spacial score (nSPS) is 11.3. The Bertz CT molecular complexity index is 616. The van der Waals surface area contributed by atoms with Gasteiger partial charge in [0.05, 0.1) is 12.7 Å². The fourth-order valence-electron chi connectivity index (χ4n) is 1.83. The van der Waals surface area contributed by atoms with Crippen LogP contribution < -0.4 is 11.1 Å². The Labute approximate surface area is 136 Å². The lowest BCUT2D eigenvalue weighted by atomic mass is 10.0. The summed E-state index contributed by atoms with van der Waals surface area (Å²) in [5, 5.41) is 2.61. The van der Waals surface area contributed by atoms with E-state index in [4.69, 9.17) is 15.2 Å². The average Bonchev–Trinajstić information content (AvgIpc) is 2.44. The molecule has 0 heterocycles. The van der Waals surface area contributed by atoms with Gasteiger partial charge in [-0.15, -0.1) is 0 Å². The maximum atomic E-state index is 11.7. The molecule has 1 aromatic carbocycles. The minimum Gasteiger partial charge on any atom is -0.465 e. The van der Waals surface area contributed by atoms with Crippen molar-refractivity contribution >= 4 is 23.8 Å². The Morgan fingerprint density at radius 2 is 1.96 bits per heavy atom. The fourth-order valence-corrected chi connectivity index (χ4v) is 1.83. The molecule has 0 fully saturated rings. The maximum absolute atomic E-state index is 11.7. The van der Waals surface area contributed by atoms with Gasteiger partial charge in [-0.25, -0.2) is 9.59 Å². The first-order valence-electron chi connectivity index (χ1n) is 7.26. The number of carbonyl (C=O) groups excluding carboxylic acids is 2. The SMILES string of the molecule is COC(=O)c1cc(C=CCNC(=O)OC(C)(C)C)cc(N)c1C. The van der Waals surface area contributed by atoms with Gasteiger partial charge in [-0.05, 0) is 51.0 Å². The number of anilines is 1. The summed E-state index contributed by atoms with van der Waals surface area (Å²) in [4.78, 5) is 23.2. The third kappa shape index (κ3) is 6.02. The summed E-state index contributed by atoms with van der Waals surface area (Å²) in [7, 11) is 1.32. The van der Waals surface area contributed by atoms with Crippen LogP contribution in [0.3, 0.4) is 0 Å². The van der Waals surface area contributed by atoms with Gasteiger partial charge in [-0.1, -0.05) is 12.2 Å². The van der Waals surface area contributed by atoms with Crippen LogP contribution in [0, 0.1) is 6.92 Å². The molecule has 6 nitrogen and oxygen atoms in total. The highest BCUT2D eigenvalue weighted by Crippen LogP contribution is 2.20. The number of hydrogen-bond acceptors (Lipinski definition) is 5. The molecule has 0 saturated carbocycles. The average molecular weight is 320 g/mol. The number of nitrogen functional groups attached to an aromatic ring is 1. The van der Waals surface area contributed by atoms with Gasteiger partial charge in [0.15, 0.2) is 0 Å². The number of rotatable bonds is 4. The molecule has 126 valence electrons. The number of alkyl carbamates (subject to hydrolysis) is 1. The van der Waals surface area contributed by atoms with E-state index in [0.717, 1.165) is 5.56 Å². The van der Waals surface area contributed by atoms with E-state index in [2.05, 4.69) is 5.32 Å². The van der Waals surface area contributed by atoms with Gasteiger partial charge in [-0.2, -0.15) is 0 Å². The third-order valence-electron chi connectivity index (χ3n) is 2.95. The van der Waals surface area contributed by atoms with Crippen molar-refractivity contribution in [3.05, 3.63) is 34.9 Å². The summed E-state index contributed by atoms with van der Waals surface area (Å²) in [5.74, 6) is -0.434. The first-order chi connectivity index (χ1) is 10.6. The highest BCUT2D eigenvalue weighted by atomic mass is 16.6. The largest absolute Gasteiger partial charge is 0.465 e. The van der Waals surface area contributed by atoms with Crippen LogP contribution in [0.25, 0.3) is 6.08 Å². The van der Waals surface area contributed by atoms with Crippen molar-refractivity contribution in [2.75, 3.05) is 19.4 Å². The quantitative estimate of drug-likeness (QED) is 0.657. The summed E-state index contributed by atoms with van der Waals surface area (Å²) in [6.07, 6.45) is 3.02. The van der Waals surface area contributed by atoms with Gasteiger partial charge in [-0.3, -0.25) is 0 Å². The van der Waals surface area contributed by atoms with Crippen LogP contribution in [0.4, 0.5) is 10.5 Å². The minimum absolute atomic E-state index is 0.302. The zero-order valence-electron chi connectivity index (χ0n) is 14.2. The van der Waals surface area contributed by atoms with Crippen molar-refractivity contribution in [2.24, 2.45) is 0 Å². The zero-order chi connectivity index (χ0) is 17.6. The van der Waals surface area contributed by atoms with Crippen LogP contribution in [0.1, 0.15) is 42.3 Å². The lowest BCUT2D eigenvalue weighted by Gasteiger charge is -2.19. The topological polar surface area (TPSA) is 90.6 Å². The number of hydrogen-bond donors (Lipinski definition) is 2. The lowest BCUT2D eigenvalue weighted by molar-refractivity contribution is 0.0532. The van der Waals surface area contributed by atoms with Crippen molar-refractivity contribution in [1.82, 2.24) is 5.32 Å². The predicted octanol–water partition coefficient (Wildman–Crippen LogP) is 2.90. The monoisotopic (exact) mass is 320 g/mol. The molecule has 0 radical (unpaired) electrons. The molecule has 3 N–H and O–H groups in total. The zero-order valence-corrected chi connectivity index (χ0v) is 14.2. The van der Waals surface area contributed by atoms with Crippen LogP contribution in [-0.4, -0.2) is 31.3 Å².